The molecule has 1 aromatic carbocycles. The molecule has 0 saturated heterocycles. The fraction of sp³-hybridized carbons (Fsp3) is 0.200. The second-order valence-electron chi connectivity index (χ2n) is 4.65. The van der Waals surface area contributed by atoms with Gasteiger partial charge in [-0.05, 0) is 17.2 Å². The van der Waals surface area contributed by atoms with Gasteiger partial charge in [0.1, 0.15) is 12.6 Å². The van der Waals surface area contributed by atoms with E-state index in [1.807, 2.05) is 18.2 Å². The topological polar surface area (TPSA) is 75.6 Å². The van der Waals surface area contributed by atoms with Crippen LogP contribution in [0.15, 0.2) is 36.4 Å². The van der Waals surface area contributed by atoms with Crippen molar-refractivity contribution in [3.63, 3.8) is 0 Å². The molecule has 0 radical (unpaired) electrons. The van der Waals surface area contributed by atoms with E-state index in [2.05, 4.69) is 5.32 Å². The molecule has 122 valence electrons. The summed E-state index contributed by atoms with van der Waals surface area (Å²) in [5.74, 6) is -1.18. The Morgan fingerprint density at radius 1 is 1.26 bits per heavy atom. The molecule has 1 atom stereocenters. The largest absolute Gasteiger partial charge is 0.480 e. The molecule has 0 fully saturated rings. The van der Waals surface area contributed by atoms with Crippen molar-refractivity contribution in [3.05, 3.63) is 56.2 Å². The van der Waals surface area contributed by atoms with Gasteiger partial charge in [-0.3, -0.25) is 0 Å². The number of benzene rings is 1. The molecular weight excluding hydrogens is 361 g/mol. The maximum atomic E-state index is 11.8. The van der Waals surface area contributed by atoms with Gasteiger partial charge < -0.3 is 15.2 Å². The predicted octanol–water partition coefficient (Wildman–Crippen LogP) is 3.98. The lowest BCUT2D eigenvalue weighted by Gasteiger charge is -2.14. The standard InChI is InChI=1S/C15H13Cl2NO4S/c16-12-7-10(13(17)23-12)6-11(14(19)20)18-15(21)22-8-9-4-2-1-3-5-9/h1-5,7,11H,6,8H2,(H,18,21)(H,19,20). The maximum Gasteiger partial charge on any atom is 0.408 e. The summed E-state index contributed by atoms with van der Waals surface area (Å²) >= 11 is 12.9. The third kappa shape index (κ3) is 5.42. The Morgan fingerprint density at radius 2 is 1.96 bits per heavy atom. The molecular formula is C15H13Cl2NO4S. The Labute approximate surface area is 146 Å². The number of hydrogen-bond donors (Lipinski definition) is 2. The number of hydrogen-bond acceptors (Lipinski definition) is 4. The van der Waals surface area contributed by atoms with Crippen LogP contribution in [0.3, 0.4) is 0 Å². The first kappa shape index (κ1) is 17.6. The molecule has 0 aliphatic carbocycles. The first-order valence-electron chi connectivity index (χ1n) is 6.59. The molecule has 2 aromatic rings. The summed E-state index contributed by atoms with van der Waals surface area (Å²) in [6.45, 7) is 0.0596. The van der Waals surface area contributed by atoms with E-state index in [9.17, 15) is 14.7 Å². The molecule has 0 saturated carbocycles. The molecule has 0 spiro atoms. The lowest BCUT2D eigenvalue weighted by molar-refractivity contribution is -0.139. The number of nitrogens with one attached hydrogen (secondary N) is 1. The summed E-state index contributed by atoms with van der Waals surface area (Å²) in [4.78, 5) is 23.0. The predicted molar refractivity (Wildman–Crippen MR) is 89.2 cm³/mol. The third-order valence-electron chi connectivity index (χ3n) is 2.95. The minimum absolute atomic E-state index is 0.0256. The molecule has 5 nitrogen and oxygen atoms in total. The number of aliphatic carboxylic acids is 1. The Balaban J connectivity index is 1.92. The SMILES string of the molecule is O=C(NC(Cc1cc(Cl)sc1Cl)C(=O)O)OCc1ccccc1. The number of carbonyl (C=O) groups excluding carboxylic acids is 1. The first-order valence-corrected chi connectivity index (χ1v) is 8.16. The zero-order valence-electron chi connectivity index (χ0n) is 11.8. The molecule has 0 aliphatic rings. The number of carboxylic acid groups (broad SMARTS) is 1. The van der Waals surface area contributed by atoms with Crippen LogP contribution in [0, 0.1) is 0 Å². The Morgan fingerprint density at radius 3 is 2.52 bits per heavy atom. The zero-order chi connectivity index (χ0) is 16.8. The highest BCUT2D eigenvalue weighted by Crippen LogP contribution is 2.31. The summed E-state index contributed by atoms with van der Waals surface area (Å²) < 4.78 is 5.87. The van der Waals surface area contributed by atoms with Gasteiger partial charge in [0.15, 0.2) is 0 Å². The van der Waals surface area contributed by atoms with E-state index >= 15 is 0 Å². The van der Waals surface area contributed by atoms with E-state index in [1.54, 1.807) is 18.2 Å². The van der Waals surface area contributed by atoms with E-state index < -0.39 is 18.1 Å². The fourth-order valence-corrected chi connectivity index (χ4v) is 3.35. The van der Waals surface area contributed by atoms with Crippen LogP contribution in [0.2, 0.25) is 8.67 Å². The van der Waals surface area contributed by atoms with Gasteiger partial charge in [0.2, 0.25) is 0 Å². The van der Waals surface area contributed by atoms with Gasteiger partial charge in [-0.2, -0.15) is 0 Å². The van der Waals surface area contributed by atoms with Crippen molar-refractivity contribution in [1.82, 2.24) is 5.32 Å². The van der Waals surface area contributed by atoms with Crippen molar-refractivity contribution in [2.45, 2.75) is 19.1 Å². The molecule has 0 bridgehead atoms. The van der Waals surface area contributed by atoms with Crippen molar-refractivity contribution in [3.8, 4) is 0 Å². The molecule has 8 heteroatoms. The second kappa shape index (κ2) is 8.19. The molecule has 1 aromatic heterocycles. The van der Waals surface area contributed by atoms with Gasteiger partial charge >= 0.3 is 12.1 Å². The van der Waals surface area contributed by atoms with Crippen molar-refractivity contribution in [1.29, 1.82) is 0 Å². The molecule has 1 amide bonds. The highest BCUT2D eigenvalue weighted by molar-refractivity contribution is 7.20. The number of alkyl carbamates (subject to hydrolysis) is 1. The Bertz CT molecular complexity index is 690. The molecule has 2 N–H and O–H groups in total. The van der Waals surface area contributed by atoms with Crippen LogP contribution >= 0.6 is 34.5 Å². The monoisotopic (exact) mass is 373 g/mol. The van der Waals surface area contributed by atoms with Crippen molar-refractivity contribution in [2.75, 3.05) is 0 Å². The molecule has 1 unspecified atom stereocenters. The quantitative estimate of drug-likeness (QED) is 0.802. The van der Waals surface area contributed by atoms with Crippen molar-refractivity contribution in [2.24, 2.45) is 0 Å². The lowest BCUT2D eigenvalue weighted by atomic mass is 10.1. The van der Waals surface area contributed by atoms with Crippen molar-refractivity contribution < 1.29 is 19.4 Å². The number of amides is 1. The average molecular weight is 374 g/mol. The molecule has 2 rings (SSSR count). The van der Waals surface area contributed by atoms with E-state index in [0.29, 0.717) is 14.2 Å². The van der Waals surface area contributed by atoms with Crippen LogP contribution in [0.1, 0.15) is 11.1 Å². The highest BCUT2D eigenvalue weighted by Gasteiger charge is 2.23. The maximum absolute atomic E-state index is 11.8. The summed E-state index contributed by atoms with van der Waals surface area (Å²) in [6, 6.07) is 9.52. The minimum Gasteiger partial charge on any atom is -0.480 e. The van der Waals surface area contributed by atoms with Crippen LogP contribution in [0.5, 0.6) is 0 Å². The number of carboxylic acids is 1. The summed E-state index contributed by atoms with van der Waals surface area (Å²) in [7, 11) is 0. The van der Waals surface area contributed by atoms with E-state index in [1.165, 1.54) is 0 Å². The van der Waals surface area contributed by atoms with Crippen LogP contribution in [0.25, 0.3) is 0 Å². The normalized spacial score (nSPS) is 11.7. The van der Waals surface area contributed by atoms with Gasteiger partial charge in [-0.1, -0.05) is 53.5 Å². The van der Waals surface area contributed by atoms with Crippen LogP contribution in [-0.2, 0) is 22.6 Å². The summed E-state index contributed by atoms with van der Waals surface area (Å²) in [6.07, 6.45) is -0.781. The number of halogens is 2. The van der Waals surface area contributed by atoms with Crippen LogP contribution in [0.4, 0.5) is 4.79 Å². The second-order valence-corrected chi connectivity index (χ2v) is 6.94. The molecule has 1 heterocycles. The smallest absolute Gasteiger partial charge is 0.408 e. The fourth-order valence-electron chi connectivity index (χ4n) is 1.84. The minimum atomic E-state index is -1.18. The lowest BCUT2D eigenvalue weighted by Crippen LogP contribution is -2.42. The summed E-state index contributed by atoms with van der Waals surface area (Å²) in [5.41, 5.74) is 1.37. The van der Waals surface area contributed by atoms with Gasteiger partial charge in [0.25, 0.3) is 0 Å². The number of carbonyl (C=O) groups is 2. The van der Waals surface area contributed by atoms with Gasteiger partial charge in [0.05, 0.1) is 8.67 Å². The highest BCUT2D eigenvalue weighted by atomic mass is 35.5. The number of ether oxygens (including phenoxy) is 1. The number of rotatable bonds is 6. The average Bonchev–Trinajstić information content (AvgIpc) is 2.83. The van der Waals surface area contributed by atoms with E-state index in [0.717, 1.165) is 16.9 Å². The van der Waals surface area contributed by atoms with Gasteiger partial charge in [-0.25, -0.2) is 9.59 Å². The van der Waals surface area contributed by atoms with Crippen LogP contribution in [-0.4, -0.2) is 23.2 Å². The Hall–Kier alpha value is -1.76. The zero-order valence-corrected chi connectivity index (χ0v) is 14.1. The third-order valence-corrected chi connectivity index (χ3v) is 4.52. The van der Waals surface area contributed by atoms with E-state index in [-0.39, 0.29) is 13.0 Å². The summed E-state index contributed by atoms with van der Waals surface area (Å²) in [5, 5.41) is 11.5. The first-order chi connectivity index (χ1) is 11.0. The van der Waals surface area contributed by atoms with E-state index in [4.69, 9.17) is 27.9 Å². The molecule has 23 heavy (non-hydrogen) atoms. The van der Waals surface area contributed by atoms with Crippen LogP contribution < -0.4 is 5.32 Å². The van der Waals surface area contributed by atoms with Gasteiger partial charge in [0, 0.05) is 6.42 Å². The number of thiophene rings is 1. The Kier molecular flexibility index (Phi) is 6.27. The molecule has 0 aliphatic heterocycles. The van der Waals surface area contributed by atoms with Crippen molar-refractivity contribution >= 4 is 46.6 Å². The van der Waals surface area contributed by atoms with Gasteiger partial charge in [-0.15, -0.1) is 11.3 Å².